The first-order chi connectivity index (χ1) is 12.0. The number of halogens is 2. The summed E-state index contributed by atoms with van der Waals surface area (Å²) in [5, 5.41) is 6.18. The number of hydrogen-bond acceptors (Lipinski definition) is 5. The molecular formula is C17H25F2N3O3. The molecule has 0 bridgehead atoms. The Bertz CT molecular complexity index is 572. The van der Waals surface area contributed by atoms with Crippen molar-refractivity contribution < 1.29 is 23.0 Å². The molecule has 1 aliphatic heterocycles. The van der Waals surface area contributed by atoms with Crippen molar-refractivity contribution in [3.05, 3.63) is 23.8 Å². The van der Waals surface area contributed by atoms with Crippen LogP contribution in [0.5, 0.6) is 11.5 Å². The number of methoxy groups -OCH3 is 1. The normalized spacial score (nSPS) is 18.2. The second kappa shape index (κ2) is 9.53. The number of rotatable bonds is 8. The summed E-state index contributed by atoms with van der Waals surface area (Å²) in [6.45, 7) is 2.69. The second-order valence-corrected chi connectivity index (χ2v) is 5.99. The quantitative estimate of drug-likeness (QED) is 0.733. The number of amides is 1. The van der Waals surface area contributed by atoms with Crippen LogP contribution in [-0.2, 0) is 11.2 Å². The van der Waals surface area contributed by atoms with Gasteiger partial charge in [-0.15, -0.1) is 0 Å². The van der Waals surface area contributed by atoms with Crippen molar-refractivity contribution in [1.29, 1.82) is 0 Å². The van der Waals surface area contributed by atoms with Crippen LogP contribution in [0.25, 0.3) is 0 Å². The molecule has 1 aliphatic rings. The highest BCUT2D eigenvalue weighted by atomic mass is 19.3. The van der Waals surface area contributed by atoms with Crippen LogP contribution < -0.4 is 20.1 Å². The van der Waals surface area contributed by atoms with Crippen LogP contribution in [-0.4, -0.2) is 63.3 Å². The van der Waals surface area contributed by atoms with Gasteiger partial charge in [-0.05, 0) is 31.0 Å². The Labute approximate surface area is 146 Å². The molecule has 1 atom stereocenters. The fraction of sp³-hybridized carbons (Fsp3) is 0.588. The van der Waals surface area contributed by atoms with E-state index < -0.39 is 6.61 Å². The third kappa shape index (κ3) is 6.13. The van der Waals surface area contributed by atoms with E-state index in [9.17, 15) is 13.6 Å². The molecule has 1 aromatic rings. The van der Waals surface area contributed by atoms with E-state index in [2.05, 4.69) is 27.2 Å². The minimum atomic E-state index is -2.90. The smallest absolute Gasteiger partial charge is 0.387 e. The lowest BCUT2D eigenvalue weighted by Gasteiger charge is -2.33. The second-order valence-electron chi connectivity index (χ2n) is 5.99. The molecule has 1 aromatic carbocycles. The molecule has 1 amide bonds. The first-order valence-corrected chi connectivity index (χ1v) is 8.32. The number of benzene rings is 1. The Morgan fingerprint density at radius 2 is 2.24 bits per heavy atom. The zero-order chi connectivity index (χ0) is 18.2. The highest BCUT2D eigenvalue weighted by molar-refractivity contribution is 5.78. The molecule has 2 N–H and O–H groups in total. The summed E-state index contributed by atoms with van der Waals surface area (Å²) in [4.78, 5) is 14.2. The lowest BCUT2D eigenvalue weighted by molar-refractivity contribution is -0.122. The van der Waals surface area contributed by atoms with Gasteiger partial charge >= 0.3 is 6.61 Å². The van der Waals surface area contributed by atoms with Crippen molar-refractivity contribution in [3.63, 3.8) is 0 Å². The maximum atomic E-state index is 12.3. The monoisotopic (exact) mass is 357 g/mol. The molecule has 140 valence electrons. The molecule has 1 fully saturated rings. The van der Waals surface area contributed by atoms with Crippen LogP contribution in [0.4, 0.5) is 8.78 Å². The molecule has 6 nitrogen and oxygen atoms in total. The molecule has 0 saturated carbocycles. The van der Waals surface area contributed by atoms with Gasteiger partial charge in [-0.25, -0.2) is 0 Å². The lowest BCUT2D eigenvalue weighted by atomic mass is 10.1. The molecule has 0 spiro atoms. The molecule has 0 aliphatic carbocycles. The number of carbonyl (C=O) groups is 1. The summed E-state index contributed by atoms with van der Waals surface area (Å²) in [6.07, 6.45) is 0.578. The van der Waals surface area contributed by atoms with E-state index >= 15 is 0 Å². The fourth-order valence-corrected chi connectivity index (χ4v) is 2.77. The van der Waals surface area contributed by atoms with Crippen LogP contribution in [0.1, 0.15) is 12.5 Å². The van der Waals surface area contributed by atoms with Gasteiger partial charge in [0.05, 0.1) is 13.7 Å². The summed E-state index contributed by atoms with van der Waals surface area (Å²) >= 11 is 0. The molecule has 8 heteroatoms. The number of nitrogens with one attached hydrogen (secondary N) is 2. The molecule has 0 radical (unpaired) electrons. The zero-order valence-electron chi connectivity index (χ0n) is 14.6. The Kier molecular flexibility index (Phi) is 7.39. The maximum absolute atomic E-state index is 12.3. The predicted octanol–water partition coefficient (Wildman–Crippen LogP) is 1.25. The van der Waals surface area contributed by atoms with Crippen molar-refractivity contribution in [3.8, 4) is 11.5 Å². The summed E-state index contributed by atoms with van der Waals surface area (Å²) in [5.74, 6) is 0.232. The average Bonchev–Trinajstić information content (AvgIpc) is 2.57. The topological polar surface area (TPSA) is 62.8 Å². The zero-order valence-corrected chi connectivity index (χ0v) is 14.6. The Morgan fingerprint density at radius 3 is 2.92 bits per heavy atom. The largest absolute Gasteiger partial charge is 0.493 e. The number of ether oxygens (including phenoxy) is 2. The number of alkyl halides is 2. The van der Waals surface area contributed by atoms with Gasteiger partial charge in [0.15, 0.2) is 11.5 Å². The number of nitrogens with zero attached hydrogens (tertiary/aromatic N) is 1. The molecule has 2 rings (SSSR count). The van der Waals surface area contributed by atoms with Crippen molar-refractivity contribution in [2.45, 2.75) is 26.0 Å². The molecule has 1 heterocycles. The molecule has 0 unspecified atom stereocenters. The minimum absolute atomic E-state index is 0.00187. The van der Waals surface area contributed by atoms with E-state index in [1.54, 1.807) is 12.1 Å². The van der Waals surface area contributed by atoms with Crippen LogP contribution in [0, 0.1) is 0 Å². The van der Waals surface area contributed by atoms with Gasteiger partial charge in [0.25, 0.3) is 0 Å². The molecule has 25 heavy (non-hydrogen) atoms. The van der Waals surface area contributed by atoms with Crippen LogP contribution in [0.15, 0.2) is 18.2 Å². The van der Waals surface area contributed by atoms with E-state index in [0.29, 0.717) is 25.6 Å². The van der Waals surface area contributed by atoms with Crippen molar-refractivity contribution in [1.82, 2.24) is 15.5 Å². The van der Waals surface area contributed by atoms with Gasteiger partial charge in [-0.3, -0.25) is 9.69 Å². The number of carbonyl (C=O) groups excluding carboxylic acids is 1. The molecular weight excluding hydrogens is 332 g/mol. The van der Waals surface area contributed by atoms with E-state index in [1.165, 1.54) is 13.2 Å². The van der Waals surface area contributed by atoms with Gasteiger partial charge in [0, 0.05) is 32.2 Å². The third-order valence-electron chi connectivity index (χ3n) is 4.17. The average molecular weight is 357 g/mol. The van der Waals surface area contributed by atoms with Gasteiger partial charge in [-0.1, -0.05) is 6.07 Å². The predicted molar refractivity (Wildman–Crippen MR) is 90.2 cm³/mol. The van der Waals surface area contributed by atoms with Gasteiger partial charge in [0.1, 0.15) is 0 Å². The third-order valence-corrected chi connectivity index (χ3v) is 4.17. The maximum Gasteiger partial charge on any atom is 0.387 e. The van der Waals surface area contributed by atoms with E-state index in [4.69, 9.17) is 4.74 Å². The first-order valence-electron chi connectivity index (χ1n) is 8.32. The van der Waals surface area contributed by atoms with E-state index in [0.717, 1.165) is 25.2 Å². The highest BCUT2D eigenvalue weighted by Gasteiger charge is 2.20. The molecule has 0 aromatic heterocycles. The minimum Gasteiger partial charge on any atom is -0.493 e. The number of hydrogen-bond donors (Lipinski definition) is 2. The van der Waals surface area contributed by atoms with Crippen LogP contribution in [0.3, 0.4) is 0 Å². The molecule has 1 saturated heterocycles. The number of piperazine rings is 1. The van der Waals surface area contributed by atoms with Crippen molar-refractivity contribution in [2.24, 2.45) is 0 Å². The van der Waals surface area contributed by atoms with Crippen LogP contribution >= 0.6 is 0 Å². The van der Waals surface area contributed by atoms with Gasteiger partial charge in [0.2, 0.25) is 5.91 Å². The van der Waals surface area contributed by atoms with Gasteiger partial charge in [-0.2, -0.15) is 8.78 Å². The Hall–Kier alpha value is -1.93. The fourth-order valence-electron chi connectivity index (χ4n) is 2.77. The van der Waals surface area contributed by atoms with Crippen molar-refractivity contribution >= 4 is 5.91 Å². The summed E-state index contributed by atoms with van der Waals surface area (Å²) in [5.41, 5.74) is 0.870. The standard InChI is InChI=1S/C17H25F2N3O3/c1-12-10-20-7-8-22(12)11-16(23)21-6-5-13-3-4-14(25-17(18)19)15(9-13)24-2/h3-4,9,12,17,20H,5-8,10-11H2,1-2H3,(H,21,23)/t12-/m0/s1. The summed E-state index contributed by atoms with van der Waals surface area (Å²) in [7, 11) is 1.40. The Morgan fingerprint density at radius 1 is 1.44 bits per heavy atom. The highest BCUT2D eigenvalue weighted by Crippen LogP contribution is 2.29. The first kappa shape index (κ1) is 19.4. The van der Waals surface area contributed by atoms with Gasteiger partial charge < -0.3 is 20.1 Å². The summed E-state index contributed by atoms with van der Waals surface area (Å²) < 4.78 is 34.1. The summed E-state index contributed by atoms with van der Waals surface area (Å²) in [6, 6.07) is 5.11. The lowest BCUT2D eigenvalue weighted by Crippen LogP contribution is -2.52. The van der Waals surface area contributed by atoms with E-state index in [-0.39, 0.29) is 17.4 Å². The van der Waals surface area contributed by atoms with E-state index in [1.807, 2.05) is 0 Å². The van der Waals surface area contributed by atoms with Crippen LogP contribution in [0.2, 0.25) is 0 Å². The van der Waals surface area contributed by atoms with Crippen molar-refractivity contribution in [2.75, 3.05) is 39.8 Å². The SMILES string of the molecule is COc1cc(CCNC(=O)CN2CCNC[C@@H]2C)ccc1OC(F)F. The Balaban J connectivity index is 1.79.